The molecule has 3 heterocycles. The van der Waals surface area contributed by atoms with Crippen LogP contribution < -0.4 is 5.32 Å². The van der Waals surface area contributed by atoms with Gasteiger partial charge in [0.2, 0.25) is 4.96 Å². The highest BCUT2D eigenvalue weighted by atomic mass is 32.1. The molecule has 0 bridgehead atoms. The Labute approximate surface area is 163 Å². The van der Waals surface area contributed by atoms with Crippen molar-refractivity contribution in [1.29, 1.82) is 0 Å². The molecule has 142 valence electrons. The van der Waals surface area contributed by atoms with Gasteiger partial charge in [0.25, 0.3) is 5.91 Å². The standard InChI is InChI=1S/C20H25N5OS/c1-15-23-25-14-18(22-20(25)27-15)12-21-19(26)17-8-6-7-16(11-17)13-24-9-4-2-3-5-10-24/h6-8,11,14H,2-5,9-10,12-13H2,1H3,(H,21,26). The second-order valence-electron chi connectivity index (χ2n) is 7.15. The average molecular weight is 384 g/mol. The summed E-state index contributed by atoms with van der Waals surface area (Å²) in [6.07, 6.45) is 7.09. The zero-order valence-electron chi connectivity index (χ0n) is 15.6. The van der Waals surface area contributed by atoms with Crippen LogP contribution in [-0.4, -0.2) is 38.5 Å². The van der Waals surface area contributed by atoms with E-state index in [1.165, 1.54) is 31.2 Å². The zero-order valence-corrected chi connectivity index (χ0v) is 16.5. The molecule has 1 aliphatic rings. The molecule has 0 atom stereocenters. The first kappa shape index (κ1) is 18.1. The van der Waals surface area contributed by atoms with Gasteiger partial charge in [-0.1, -0.05) is 36.3 Å². The van der Waals surface area contributed by atoms with Crippen LogP contribution >= 0.6 is 11.3 Å². The molecular formula is C20H25N5OS. The van der Waals surface area contributed by atoms with Gasteiger partial charge in [0.05, 0.1) is 18.4 Å². The van der Waals surface area contributed by atoms with Gasteiger partial charge in [0, 0.05) is 12.1 Å². The third kappa shape index (κ3) is 4.54. The lowest BCUT2D eigenvalue weighted by Gasteiger charge is -2.20. The second kappa shape index (κ2) is 8.19. The minimum Gasteiger partial charge on any atom is -0.346 e. The third-order valence-electron chi connectivity index (χ3n) is 4.92. The number of benzene rings is 1. The summed E-state index contributed by atoms with van der Waals surface area (Å²) in [5.41, 5.74) is 2.73. The van der Waals surface area contributed by atoms with Gasteiger partial charge in [-0.25, -0.2) is 9.50 Å². The number of aryl methyl sites for hydroxylation is 1. The molecule has 1 amide bonds. The predicted octanol–water partition coefficient (Wildman–Crippen LogP) is 3.41. The normalized spacial score (nSPS) is 15.7. The van der Waals surface area contributed by atoms with Crippen LogP contribution in [0.2, 0.25) is 0 Å². The highest BCUT2D eigenvalue weighted by Gasteiger charge is 2.12. The molecule has 4 rings (SSSR count). The molecule has 27 heavy (non-hydrogen) atoms. The van der Waals surface area contributed by atoms with Crippen molar-refractivity contribution < 1.29 is 4.79 Å². The summed E-state index contributed by atoms with van der Waals surface area (Å²) in [6.45, 7) is 5.59. The van der Waals surface area contributed by atoms with Gasteiger partial charge < -0.3 is 5.32 Å². The molecule has 0 aliphatic carbocycles. The Balaban J connectivity index is 1.37. The van der Waals surface area contributed by atoms with Crippen molar-refractivity contribution in [1.82, 2.24) is 24.8 Å². The second-order valence-corrected chi connectivity index (χ2v) is 8.31. The molecule has 6 nitrogen and oxygen atoms in total. The summed E-state index contributed by atoms with van der Waals surface area (Å²) >= 11 is 1.55. The highest BCUT2D eigenvalue weighted by Crippen LogP contribution is 2.15. The van der Waals surface area contributed by atoms with E-state index in [1.54, 1.807) is 15.9 Å². The number of rotatable bonds is 5. The molecule has 0 saturated carbocycles. The van der Waals surface area contributed by atoms with Gasteiger partial charge in [0.15, 0.2) is 0 Å². The molecule has 1 aromatic carbocycles. The molecule has 0 radical (unpaired) electrons. The maximum atomic E-state index is 12.6. The fraction of sp³-hybridized carbons (Fsp3) is 0.450. The van der Waals surface area contributed by atoms with Crippen molar-refractivity contribution in [3.8, 4) is 0 Å². The van der Waals surface area contributed by atoms with Crippen molar-refractivity contribution in [2.45, 2.75) is 45.7 Å². The van der Waals surface area contributed by atoms with Crippen molar-refractivity contribution in [3.05, 3.63) is 52.3 Å². The summed E-state index contributed by atoms with van der Waals surface area (Å²) in [5, 5.41) is 8.30. The number of hydrogen-bond donors (Lipinski definition) is 1. The van der Waals surface area contributed by atoms with Crippen molar-refractivity contribution >= 4 is 22.2 Å². The quantitative estimate of drug-likeness (QED) is 0.733. The summed E-state index contributed by atoms with van der Waals surface area (Å²) in [5.74, 6) is -0.0618. The van der Waals surface area contributed by atoms with Gasteiger partial charge in [0.1, 0.15) is 5.01 Å². The van der Waals surface area contributed by atoms with Gasteiger partial charge in [-0.15, -0.1) is 0 Å². The van der Waals surface area contributed by atoms with Crippen LogP contribution in [0, 0.1) is 6.92 Å². The average Bonchev–Trinajstić information content (AvgIpc) is 3.06. The number of hydrogen-bond acceptors (Lipinski definition) is 5. The van der Waals surface area contributed by atoms with E-state index in [2.05, 4.69) is 26.4 Å². The van der Waals surface area contributed by atoms with E-state index in [4.69, 9.17) is 0 Å². The fourth-order valence-corrected chi connectivity index (χ4v) is 4.31. The summed E-state index contributed by atoms with van der Waals surface area (Å²) in [6, 6.07) is 7.97. The largest absolute Gasteiger partial charge is 0.346 e. The van der Waals surface area contributed by atoms with Crippen LogP contribution in [0.15, 0.2) is 30.5 Å². The summed E-state index contributed by atoms with van der Waals surface area (Å²) in [7, 11) is 0. The van der Waals surface area contributed by atoms with Crippen molar-refractivity contribution in [2.24, 2.45) is 0 Å². The number of carbonyl (C=O) groups is 1. The molecule has 0 spiro atoms. The number of nitrogens with one attached hydrogen (secondary N) is 1. The number of fused-ring (bicyclic) bond motifs is 1. The lowest BCUT2D eigenvalue weighted by Crippen LogP contribution is -2.25. The first-order valence-corrected chi connectivity index (χ1v) is 10.4. The number of likely N-dealkylation sites (tertiary alicyclic amines) is 1. The van der Waals surface area contributed by atoms with E-state index < -0.39 is 0 Å². The van der Waals surface area contributed by atoms with Gasteiger partial charge in [-0.3, -0.25) is 9.69 Å². The van der Waals surface area contributed by atoms with Crippen LogP contribution in [-0.2, 0) is 13.1 Å². The van der Waals surface area contributed by atoms with Crippen LogP contribution in [0.5, 0.6) is 0 Å². The Morgan fingerprint density at radius 2 is 2.04 bits per heavy atom. The Morgan fingerprint density at radius 3 is 2.81 bits per heavy atom. The fourth-order valence-electron chi connectivity index (χ4n) is 3.57. The van der Waals surface area contributed by atoms with Crippen LogP contribution in [0.25, 0.3) is 4.96 Å². The Hall–Kier alpha value is -2.25. The van der Waals surface area contributed by atoms with Gasteiger partial charge in [-0.05, 0) is 50.6 Å². The number of aromatic nitrogens is 3. The third-order valence-corrected chi connectivity index (χ3v) is 5.76. The minimum atomic E-state index is -0.0618. The molecule has 7 heteroatoms. The molecule has 1 saturated heterocycles. The van der Waals surface area contributed by atoms with E-state index >= 15 is 0 Å². The molecular weight excluding hydrogens is 358 g/mol. The molecule has 1 fully saturated rings. The van der Waals surface area contributed by atoms with Crippen LogP contribution in [0.4, 0.5) is 0 Å². The number of amides is 1. The minimum absolute atomic E-state index is 0.0618. The first-order chi connectivity index (χ1) is 13.2. The Bertz CT molecular complexity index is 892. The van der Waals surface area contributed by atoms with Crippen LogP contribution in [0.3, 0.4) is 0 Å². The molecule has 3 aromatic rings. The van der Waals surface area contributed by atoms with E-state index in [1.807, 2.05) is 31.3 Å². The van der Waals surface area contributed by atoms with E-state index in [0.717, 1.165) is 35.3 Å². The molecule has 0 unspecified atom stereocenters. The number of carbonyl (C=O) groups excluding carboxylic acids is 1. The van der Waals surface area contributed by atoms with Gasteiger partial charge in [-0.2, -0.15) is 5.10 Å². The smallest absolute Gasteiger partial charge is 0.251 e. The van der Waals surface area contributed by atoms with Gasteiger partial charge >= 0.3 is 0 Å². The monoisotopic (exact) mass is 383 g/mol. The SMILES string of the molecule is Cc1nn2cc(CNC(=O)c3cccc(CN4CCCCCC4)c3)nc2s1. The Morgan fingerprint density at radius 1 is 1.22 bits per heavy atom. The van der Waals surface area contributed by atoms with E-state index in [9.17, 15) is 4.79 Å². The molecule has 1 N–H and O–H groups in total. The lowest BCUT2D eigenvalue weighted by atomic mass is 10.1. The topological polar surface area (TPSA) is 62.5 Å². The number of imidazole rings is 1. The molecule has 2 aromatic heterocycles. The maximum absolute atomic E-state index is 12.6. The summed E-state index contributed by atoms with van der Waals surface area (Å²) < 4.78 is 1.77. The van der Waals surface area contributed by atoms with E-state index in [-0.39, 0.29) is 5.91 Å². The molecule has 1 aliphatic heterocycles. The maximum Gasteiger partial charge on any atom is 0.251 e. The van der Waals surface area contributed by atoms with E-state index in [0.29, 0.717) is 12.1 Å². The van der Waals surface area contributed by atoms with Crippen LogP contribution in [0.1, 0.15) is 52.3 Å². The zero-order chi connectivity index (χ0) is 18.6. The predicted molar refractivity (Wildman–Crippen MR) is 107 cm³/mol. The Kier molecular flexibility index (Phi) is 5.50. The lowest BCUT2D eigenvalue weighted by molar-refractivity contribution is 0.0950. The summed E-state index contributed by atoms with van der Waals surface area (Å²) in [4.78, 5) is 20.4. The highest BCUT2D eigenvalue weighted by molar-refractivity contribution is 7.16. The number of nitrogens with zero attached hydrogens (tertiary/aromatic N) is 4. The first-order valence-electron chi connectivity index (χ1n) is 9.58. The van der Waals surface area contributed by atoms with Crippen molar-refractivity contribution in [2.75, 3.05) is 13.1 Å². The van der Waals surface area contributed by atoms with Crippen molar-refractivity contribution in [3.63, 3.8) is 0 Å².